The molecule has 0 aromatic heterocycles. The Kier molecular flexibility index (Phi) is 4.57. The van der Waals surface area contributed by atoms with Gasteiger partial charge in [0, 0.05) is 19.7 Å². The fraction of sp³-hybridized carbons (Fsp3) is 0.667. The van der Waals surface area contributed by atoms with Crippen molar-refractivity contribution >= 4 is 11.8 Å². The van der Waals surface area contributed by atoms with Crippen LogP contribution < -0.4 is 5.32 Å². The van der Waals surface area contributed by atoms with Gasteiger partial charge in [0.05, 0.1) is 12.7 Å². The van der Waals surface area contributed by atoms with Gasteiger partial charge in [-0.25, -0.2) is 0 Å². The zero-order chi connectivity index (χ0) is 11.1. The summed E-state index contributed by atoms with van der Waals surface area (Å²) in [5.74, 6) is -1.31. The third-order valence-corrected chi connectivity index (χ3v) is 2.03. The number of carbonyl (C=O) groups excluding carboxylic acids is 2. The minimum absolute atomic E-state index is 0.144. The summed E-state index contributed by atoms with van der Waals surface area (Å²) >= 11 is 0. The first-order chi connectivity index (χ1) is 7.25. The summed E-state index contributed by atoms with van der Waals surface area (Å²) in [5.41, 5.74) is 0. The zero-order valence-corrected chi connectivity index (χ0v) is 8.36. The van der Waals surface area contributed by atoms with Crippen LogP contribution in [0.2, 0.25) is 0 Å². The number of hydrogen-bond donors (Lipinski definition) is 1. The van der Waals surface area contributed by atoms with Crippen LogP contribution in [0.15, 0.2) is 0 Å². The van der Waals surface area contributed by atoms with Gasteiger partial charge in [0.2, 0.25) is 0 Å². The number of nitriles is 1. The minimum Gasteiger partial charge on any atom is -0.380 e. The normalized spacial score (nSPS) is 16.3. The lowest BCUT2D eigenvalue weighted by atomic mass is 10.3. The first-order valence-electron chi connectivity index (χ1n) is 4.77. The molecule has 2 amide bonds. The molecule has 1 N–H and O–H groups in total. The average molecular weight is 211 g/mol. The molecule has 82 valence electrons. The number of hydrogen-bond acceptors (Lipinski definition) is 4. The Labute approximate surface area is 87.8 Å². The topological polar surface area (TPSA) is 82.4 Å². The standard InChI is InChI=1S/C9H13N3O3/c10-2-3-11-8(13)9(14)12-4-1-6-15-7-5-12/h1,3-7H2,(H,11,13). The second kappa shape index (κ2) is 5.98. The van der Waals surface area contributed by atoms with E-state index in [0.717, 1.165) is 6.42 Å². The molecule has 1 aliphatic heterocycles. The van der Waals surface area contributed by atoms with E-state index in [4.69, 9.17) is 10.00 Å². The van der Waals surface area contributed by atoms with E-state index in [1.54, 1.807) is 6.07 Å². The summed E-state index contributed by atoms with van der Waals surface area (Å²) < 4.78 is 5.16. The van der Waals surface area contributed by atoms with E-state index in [-0.39, 0.29) is 6.54 Å². The smallest absolute Gasteiger partial charge is 0.311 e. The molecule has 6 nitrogen and oxygen atoms in total. The Morgan fingerprint density at radius 3 is 2.93 bits per heavy atom. The molecule has 1 heterocycles. The predicted molar refractivity (Wildman–Crippen MR) is 50.6 cm³/mol. The maximum atomic E-state index is 11.5. The largest absolute Gasteiger partial charge is 0.380 e. The molecule has 0 aliphatic carbocycles. The van der Waals surface area contributed by atoms with Gasteiger partial charge in [-0.2, -0.15) is 5.26 Å². The van der Waals surface area contributed by atoms with Crippen LogP contribution in [0.4, 0.5) is 0 Å². The fourth-order valence-electron chi connectivity index (χ4n) is 1.29. The molecule has 0 saturated carbocycles. The molecule has 1 saturated heterocycles. The molecule has 0 bridgehead atoms. The lowest BCUT2D eigenvalue weighted by Gasteiger charge is -2.18. The molecule has 0 aromatic rings. The van der Waals surface area contributed by atoms with Crippen molar-refractivity contribution in [3.05, 3.63) is 0 Å². The molecular formula is C9H13N3O3. The van der Waals surface area contributed by atoms with Crippen molar-refractivity contribution in [1.29, 1.82) is 5.26 Å². The highest BCUT2D eigenvalue weighted by Crippen LogP contribution is 1.99. The van der Waals surface area contributed by atoms with E-state index in [1.165, 1.54) is 4.90 Å². The van der Waals surface area contributed by atoms with Gasteiger partial charge >= 0.3 is 11.8 Å². The van der Waals surface area contributed by atoms with Gasteiger partial charge in [0.25, 0.3) is 0 Å². The highest BCUT2D eigenvalue weighted by atomic mass is 16.5. The predicted octanol–water partition coefficient (Wildman–Crippen LogP) is -1.12. The summed E-state index contributed by atoms with van der Waals surface area (Å²) in [7, 11) is 0. The van der Waals surface area contributed by atoms with E-state index in [9.17, 15) is 9.59 Å². The first kappa shape index (κ1) is 11.5. The molecule has 1 aliphatic rings. The highest BCUT2D eigenvalue weighted by molar-refractivity contribution is 6.35. The molecule has 0 aromatic carbocycles. The Bertz CT molecular complexity index is 277. The summed E-state index contributed by atoms with van der Waals surface area (Å²) in [6.07, 6.45) is 0.733. The second-order valence-corrected chi connectivity index (χ2v) is 3.10. The van der Waals surface area contributed by atoms with Gasteiger partial charge < -0.3 is 15.0 Å². The third-order valence-electron chi connectivity index (χ3n) is 2.03. The number of rotatable bonds is 1. The molecule has 0 radical (unpaired) electrons. The Hall–Kier alpha value is -1.61. The van der Waals surface area contributed by atoms with Crippen molar-refractivity contribution in [1.82, 2.24) is 10.2 Å². The van der Waals surface area contributed by atoms with Gasteiger partial charge in [0.1, 0.15) is 6.54 Å². The van der Waals surface area contributed by atoms with E-state index in [1.807, 2.05) is 0 Å². The lowest BCUT2D eigenvalue weighted by molar-refractivity contribution is -0.145. The van der Waals surface area contributed by atoms with Crippen LogP contribution in [0.5, 0.6) is 0 Å². The van der Waals surface area contributed by atoms with Gasteiger partial charge in [0.15, 0.2) is 0 Å². The number of nitrogens with one attached hydrogen (secondary N) is 1. The number of ether oxygens (including phenoxy) is 1. The van der Waals surface area contributed by atoms with Crippen LogP contribution in [0.25, 0.3) is 0 Å². The lowest BCUT2D eigenvalue weighted by Crippen LogP contribution is -2.44. The van der Waals surface area contributed by atoms with Crippen molar-refractivity contribution in [3.8, 4) is 6.07 Å². The third kappa shape index (κ3) is 3.56. The van der Waals surface area contributed by atoms with E-state index >= 15 is 0 Å². The van der Waals surface area contributed by atoms with Crippen molar-refractivity contribution in [2.45, 2.75) is 6.42 Å². The molecule has 0 spiro atoms. The van der Waals surface area contributed by atoms with Crippen molar-refractivity contribution in [2.24, 2.45) is 0 Å². The van der Waals surface area contributed by atoms with Crippen LogP contribution in [0, 0.1) is 11.3 Å². The van der Waals surface area contributed by atoms with Gasteiger partial charge in [-0.05, 0) is 6.42 Å². The van der Waals surface area contributed by atoms with Crippen LogP contribution in [-0.2, 0) is 14.3 Å². The Balaban J connectivity index is 2.43. The number of carbonyl (C=O) groups is 2. The molecule has 1 fully saturated rings. The summed E-state index contributed by atoms with van der Waals surface area (Å²) in [6.45, 7) is 1.88. The molecule has 6 heteroatoms. The monoisotopic (exact) mass is 211 g/mol. The van der Waals surface area contributed by atoms with Crippen molar-refractivity contribution in [2.75, 3.05) is 32.8 Å². The van der Waals surface area contributed by atoms with E-state index in [2.05, 4.69) is 5.32 Å². The van der Waals surface area contributed by atoms with Crippen molar-refractivity contribution < 1.29 is 14.3 Å². The summed E-state index contributed by atoms with van der Waals surface area (Å²) in [6, 6.07) is 1.74. The summed E-state index contributed by atoms with van der Waals surface area (Å²) in [4.78, 5) is 24.2. The fourth-order valence-corrected chi connectivity index (χ4v) is 1.29. The van der Waals surface area contributed by atoms with Gasteiger partial charge in [-0.1, -0.05) is 0 Å². The molecule has 0 atom stereocenters. The zero-order valence-electron chi connectivity index (χ0n) is 8.36. The minimum atomic E-state index is -0.724. The SMILES string of the molecule is N#CCNC(=O)C(=O)N1CCCOCC1. The second-order valence-electron chi connectivity index (χ2n) is 3.10. The Morgan fingerprint density at radius 2 is 2.20 bits per heavy atom. The maximum Gasteiger partial charge on any atom is 0.311 e. The summed E-state index contributed by atoms with van der Waals surface area (Å²) in [5, 5.41) is 10.5. The molecule has 0 unspecified atom stereocenters. The molecular weight excluding hydrogens is 198 g/mol. The van der Waals surface area contributed by atoms with Crippen LogP contribution in [0.3, 0.4) is 0 Å². The van der Waals surface area contributed by atoms with Crippen LogP contribution >= 0.6 is 0 Å². The van der Waals surface area contributed by atoms with Crippen LogP contribution in [-0.4, -0.2) is 49.6 Å². The highest BCUT2D eigenvalue weighted by Gasteiger charge is 2.22. The molecule has 1 rings (SSSR count). The van der Waals surface area contributed by atoms with Gasteiger partial charge in [-0.15, -0.1) is 0 Å². The van der Waals surface area contributed by atoms with Crippen LogP contribution in [0.1, 0.15) is 6.42 Å². The average Bonchev–Trinajstić information content (AvgIpc) is 2.53. The Morgan fingerprint density at radius 1 is 1.40 bits per heavy atom. The van der Waals surface area contributed by atoms with E-state index < -0.39 is 11.8 Å². The van der Waals surface area contributed by atoms with E-state index in [0.29, 0.717) is 26.3 Å². The quantitative estimate of drug-likeness (QED) is 0.439. The van der Waals surface area contributed by atoms with Gasteiger partial charge in [-0.3, -0.25) is 9.59 Å². The first-order valence-corrected chi connectivity index (χ1v) is 4.77. The maximum absolute atomic E-state index is 11.5. The molecule has 15 heavy (non-hydrogen) atoms. The number of nitrogens with zero attached hydrogens (tertiary/aromatic N) is 2. The van der Waals surface area contributed by atoms with Crippen molar-refractivity contribution in [3.63, 3.8) is 0 Å². The number of amides is 2.